The Labute approximate surface area is 214 Å². The highest BCUT2D eigenvalue weighted by Gasteiger charge is 2.13. The minimum absolute atomic E-state index is 0.000235. The third-order valence-corrected chi connectivity index (χ3v) is 5.26. The maximum Gasteiger partial charge on any atom is 0.335 e. The molecule has 13 heteroatoms. The number of carbonyl (C=O) groups is 1. The van der Waals surface area contributed by atoms with Crippen LogP contribution in [0.3, 0.4) is 0 Å². The van der Waals surface area contributed by atoms with Crippen LogP contribution < -0.4 is 27.1 Å². The van der Waals surface area contributed by atoms with Crippen LogP contribution in [0, 0.1) is 0 Å². The van der Waals surface area contributed by atoms with E-state index in [2.05, 4.69) is 25.5 Å². The van der Waals surface area contributed by atoms with E-state index in [0.717, 1.165) is 10.1 Å². The van der Waals surface area contributed by atoms with E-state index in [4.69, 9.17) is 21.4 Å². The maximum atomic E-state index is 13.3. The van der Waals surface area contributed by atoms with Crippen molar-refractivity contribution in [3.05, 3.63) is 104 Å². The van der Waals surface area contributed by atoms with Crippen LogP contribution in [0.2, 0.25) is 5.02 Å². The lowest BCUT2D eigenvalue weighted by Crippen LogP contribution is -2.51. The first-order valence-corrected chi connectivity index (χ1v) is 11.5. The zero-order valence-electron chi connectivity index (χ0n) is 19.4. The van der Waals surface area contributed by atoms with Crippen LogP contribution in [0.1, 0.15) is 5.56 Å². The van der Waals surface area contributed by atoms with Crippen LogP contribution in [0.4, 0.5) is 5.69 Å². The van der Waals surface area contributed by atoms with Gasteiger partial charge in [0.15, 0.2) is 0 Å². The molecule has 4 aromatic rings. The molecule has 0 saturated carbocycles. The van der Waals surface area contributed by atoms with E-state index in [1.807, 2.05) is 0 Å². The zero-order chi connectivity index (χ0) is 26.2. The molecule has 0 aliphatic heterocycles. The minimum atomic E-state index is -0.808. The summed E-state index contributed by atoms with van der Waals surface area (Å²) >= 11 is 5.97. The summed E-state index contributed by atoms with van der Waals surface area (Å²) in [5.41, 5.74) is -0.402. The first-order chi connectivity index (χ1) is 17.9. The number of aromatic nitrogens is 5. The Hall–Kier alpha value is -4.55. The van der Waals surface area contributed by atoms with Crippen molar-refractivity contribution in [2.24, 2.45) is 4.99 Å². The average Bonchev–Trinajstić information content (AvgIpc) is 2.90. The lowest BCUT2D eigenvalue weighted by atomic mass is 10.2. The highest BCUT2D eigenvalue weighted by Crippen LogP contribution is 2.21. The van der Waals surface area contributed by atoms with Crippen molar-refractivity contribution >= 4 is 23.2 Å². The van der Waals surface area contributed by atoms with Gasteiger partial charge in [-0.1, -0.05) is 23.7 Å². The molecule has 2 heterocycles. The fourth-order valence-corrected chi connectivity index (χ4v) is 3.39. The van der Waals surface area contributed by atoms with E-state index >= 15 is 0 Å². The van der Waals surface area contributed by atoms with Crippen molar-refractivity contribution in [1.29, 1.82) is 0 Å². The van der Waals surface area contributed by atoms with Crippen molar-refractivity contribution < 1.29 is 14.6 Å². The van der Waals surface area contributed by atoms with E-state index in [-0.39, 0.29) is 25.3 Å². The molecule has 4 rings (SSSR count). The Morgan fingerprint density at radius 2 is 1.84 bits per heavy atom. The molecule has 2 aromatic carbocycles. The van der Waals surface area contributed by atoms with Crippen LogP contribution in [-0.4, -0.2) is 48.5 Å². The number of H-pyrrole nitrogens is 1. The first kappa shape index (κ1) is 25.5. The molecule has 190 valence electrons. The predicted octanol–water partition coefficient (Wildman–Crippen LogP) is 0.963. The van der Waals surface area contributed by atoms with Crippen LogP contribution >= 0.6 is 11.6 Å². The van der Waals surface area contributed by atoms with Crippen molar-refractivity contribution in [3.63, 3.8) is 0 Å². The molecule has 1 amide bonds. The van der Waals surface area contributed by atoms with Gasteiger partial charge in [0.2, 0.25) is 17.4 Å². The second kappa shape index (κ2) is 11.9. The van der Waals surface area contributed by atoms with Crippen LogP contribution in [0.5, 0.6) is 11.6 Å². The Morgan fingerprint density at radius 1 is 1.08 bits per heavy atom. The highest BCUT2D eigenvalue weighted by atomic mass is 35.5. The van der Waals surface area contributed by atoms with Crippen molar-refractivity contribution in [2.75, 3.05) is 13.2 Å². The topological polar surface area (TPSA) is 156 Å². The minimum Gasteiger partial charge on any atom is -0.438 e. The van der Waals surface area contributed by atoms with Gasteiger partial charge in [-0.15, -0.1) is 5.10 Å². The third kappa shape index (κ3) is 6.78. The molecule has 0 atom stereocenters. The zero-order valence-corrected chi connectivity index (χ0v) is 20.1. The maximum absolute atomic E-state index is 13.3. The lowest BCUT2D eigenvalue weighted by molar-refractivity contribution is -0.122. The standard InChI is InChI=1S/C24H22ClN7O5/c25-17-5-3-16(4-6-17)14-31-22(29-23(35)32(24(31)36)15-20(34)26-12-13-33)28-18-7-9-19(10-8-18)37-21-2-1-11-27-30-21/h1-11,33H,12-15H2,(H,26,34)(H,28,29,35). The quantitative estimate of drug-likeness (QED) is 0.295. The molecule has 0 aliphatic carbocycles. The second-order valence-corrected chi connectivity index (χ2v) is 8.11. The van der Waals surface area contributed by atoms with Gasteiger partial charge in [0, 0.05) is 23.8 Å². The van der Waals surface area contributed by atoms with Gasteiger partial charge in [-0.2, -0.15) is 5.10 Å². The predicted molar refractivity (Wildman–Crippen MR) is 134 cm³/mol. The summed E-state index contributed by atoms with van der Waals surface area (Å²) in [4.78, 5) is 45.2. The van der Waals surface area contributed by atoms with Gasteiger partial charge in [0.1, 0.15) is 12.3 Å². The van der Waals surface area contributed by atoms with Gasteiger partial charge >= 0.3 is 11.4 Å². The van der Waals surface area contributed by atoms with Gasteiger partial charge in [0.25, 0.3) is 0 Å². The number of aliphatic hydroxyl groups excluding tert-OH is 1. The molecular formula is C24H22ClN7O5. The molecule has 37 heavy (non-hydrogen) atoms. The molecule has 0 radical (unpaired) electrons. The number of aromatic amines is 1. The number of halogens is 1. The Kier molecular flexibility index (Phi) is 8.23. The number of nitrogens with zero attached hydrogens (tertiary/aromatic N) is 5. The number of nitrogens with one attached hydrogen (secondary N) is 2. The summed E-state index contributed by atoms with van der Waals surface area (Å²) in [7, 11) is 0. The first-order valence-electron chi connectivity index (χ1n) is 11.1. The summed E-state index contributed by atoms with van der Waals surface area (Å²) in [6.45, 7) is -0.741. The highest BCUT2D eigenvalue weighted by molar-refractivity contribution is 6.30. The Morgan fingerprint density at radius 3 is 2.51 bits per heavy atom. The number of hydrogen-bond donors (Lipinski definition) is 3. The molecule has 0 unspecified atom stereocenters. The lowest BCUT2D eigenvalue weighted by Gasteiger charge is -2.11. The number of ether oxygens (including phenoxy) is 1. The van der Waals surface area contributed by atoms with Gasteiger partial charge in [-0.3, -0.25) is 14.3 Å². The van der Waals surface area contributed by atoms with E-state index in [1.165, 1.54) is 10.8 Å². The summed E-state index contributed by atoms with van der Waals surface area (Å²) < 4.78 is 7.63. The third-order valence-electron chi connectivity index (χ3n) is 5.01. The molecule has 0 saturated heterocycles. The van der Waals surface area contributed by atoms with E-state index in [9.17, 15) is 14.4 Å². The summed E-state index contributed by atoms with van der Waals surface area (Å²) in [5.74, 6) is 0.221. The number of carbonyl (C=O) groups excluding carboxylic acids is 1. The number of amides is 1. The largest absolute Gasteiger partial charge is 0.438 e. The SMILES string of the molecule is O=C(Cn1c(=O)[nH]/c(=N\c2ccc(Oc3cccnn3)cc2)n(Cc2ccc(Cl)cc2)c1=O)NCCO. The average molecular weight is 524 g/mol. The van der Waals surface area contributed by atoms with E-state index in [1.54, 1.807) is 60.7 Å². The van der Waals surface area contributed by atoms with Crippen LogP contribution in [-0.2, 0) is 17.9 Å². The normalized spacial score (nSPS) is 11.4. The van der Waals surface area contributed by atoms with Gasteiger partial charge in [-0.05, 0) is 48.0 Å². The van der Waals surface area contributed by atoms with Gasteiger partial charge < -0.3 is 15.2 Å². The molecule has 0 fully saturated rings. The summed E-state index contributed by atoms with van der Waals surface area (Å²) in [6.07, 6.45) is 1.53. The molecule has 0 spiro atoms. The second-order valence-electron chi connectivity index (χ2n) is 7.68. The van der Waals surface area contributed by atoms with Crippen molar-refractivity contribution in [3.8, 4) is 11.6 Å². The number of hydrogen-bond acceptors (Lipinski definition) is 8. The number of benzene rings is 2. The van der Waals surface area contributed by atoms with Crippen LogP contribution in [0.15, 0.2) is 81.4 Å². The van der Waals surface area contributed by atoms with Crippen LogP contribution in [0.25, 0.3) is 0 Å². The molecule has 0 aliphatic rings. The molecule has 12 nitrogen and oxygen atoms in total. The number of rotatable bonds is 9. The molecule has 0 bridgehead atoms. The monoisotopic (exact) mass is 523 g/mol. The Balaban J connectivity index is 1.72. The van der Waals surface area contributed by atoms with E-state index < -0.39 is 23.8 Å². The molecule has 2 aromatic heterocycles. The van der Waals surface area contributed by atoms with Crippen molar-refractivity contribution in [1.82, 2.24) is 29.6 Å². The number of aliphatic hydroxyl groups is 1. The van der Waals surface area contributed by atoms with E-state index in [0.29, 0.717) is 22.3 Å². The van der Waals surface area contributed by atoms with Crippen molar-refractivity contribution in [2.45, 2.75) is 13.1 Å². The Bertz CT molecular complexity index is 1550. The van der Waals surface area contributed by atoms with Gasteiger partial charge in [0.05, 0.1) is 18.8 Å². The molecular weight excluding hydrogens is 502 g/mol. The molecule has 3 N–H and O–H groups in total. The fraction of sp³-hybridized carbons (Fsp3) is 0.167. The summed E-state index contributed by atoms with van der Waals surface area (Å²) in [5, 5.41) is 19.5. The smallest absolute Gasteiger partial charge is 0.335 e. The fourth-order valence-electron chi connectivity index (χ4n) is 3.26. The van der Waals surface area contributed by atoms with Gasteiger partial charge in [-0.25, -0.2) is 19.1 Å². The summed E-state index contributed by atoms with van der Waals surface area (Å²) in [6, 6.07) is 16.8.